The molecule has 0 aliphatic rings. The van der Waals surface area contributed by atoms with Crippen molar-refractivity contribution in [1.29, 1.82) is 0 Å². The lowest BCUT2D eigenvalue weighted by Gasteiger charge is -2.07. The summed E-state index contributed by atoms with van der Waals surface area (Å²) in [5.41, 5.74) is 0.463. The van der Waals surface area contributed by atoms with Crippen LogP contribution in [0.2, 0.25) is 0 Å². The molecular weight excluding hydrogens is 392 g/mol. The van der Waals surface area contributed by atoms with Gasteiger partial charge in [-0.1, -0.05) is 0 Å². The van der Waals surface area contributed by atoms with Crippen molar-refractivity contribution in [3.05, 3.63) is 38.9 Å². The number of pyridine rings is 1. The van der Waals surface area contributed by atoms with Crippen molar-refractivity contribution in [2.45, 2.75) is 4.21 Å². The fourth-order valence-electron chi connectivity index (χ4n) is 1.10. The van der Waals surface area contributed by atoms with Gasteiger partial charge < -0.3 is 0 Å². The van der Waals surface area contributed by atoms with E-state index in [0.29, 0.717) is 10.2 Å². The maximum atomic E-state index is 12.0. The van der Waals surface area contributed by atoms with Crippen LogP contribution in [-0.2, 0) is 10.0 Å². The topological polar surface area (TPSA) is 59.1 Å². The molecule has 0 radical (unpaired) electrons. The summed E-state index contributed by atoms with van der Waals surface area (Å²) in [5, 5.41) is 0. The molecular formula is C9H6Br2N2O2S2. The molecule has 90 valence electrons. The summed E-state index contributed by atoms with van der Waals surface area (Å²) < 4.78 is 28.1. The molecule has 0 unspecified atom stereocenters. The molecule has 0 spiro atoms. The second-order valence-corrected chi connectivity index (χ2v) is 8.25. The van der Waals surface area contributed by atoms with Gasteiger partial charge in [0.25, 0.3) is 10.0 Å². The number of hydrogen-bond acceptors (Lipinski definition) is 4. The molecule has 0 saturated carbocycles. The third-order valence-electron chi connectivity index (χ3n) is 1.83. The summed E-state index contributed by atoms with van der Waals surface area (Å²) in [6.07, 6.45) is 3.05. The van der Waals surface area contributed by atoms with Crippen molar-refractivity contribution >= 4 is 58.9 Å². The summed E-state index contributed by atoms with van der Waals surface area (Å²) >= 11 is 7.62. The van der Waals surface area contributed by atoms with Crippen LogP contribution >= 0.6 is 43.2 Å². The minimum absolute atomic E-state index is 0.257. The van der Waals surface area contributed by atoms with E-state index in [-0.39, 0.29) is 4.21 Å². The molecule has 0 aliphatic heterocycles. The highest BCUT2D eigenvalue weighted by Crippen LogP contribution is 2.29. The van der Waals surface area contributed by atoms with Crippen LogP contribution in [0.1, 0.15) is 0 Å². The number of halogens is 2. The van der Waals surface area contributed by atoms with Gasteiger partial charge in [0.15, 0.2) is 0 Å². The second-order valence-electron chi connectivity index (χ2n) is 3.02. The normalized spacial score (nSPS) is 11.4. The number of thiophene rings is 1. The first-order chi connectivity index (χ1) is 7.99. The minimum atomic E-state index is -3.53. The Morgan fingerprint density at radius 2 is 2.00 bits per heavy atom. The highest BCUT2D eigenvalue weighted by atomic mass is 79.9. The van der Waals surface area contributed by atoms with Crippen LogP contribution in [-0.4, -0.2) is 13.4 Å². The summed E-state index contributed by atoms with van der Waals surface area (Å²) in [7, 11) is -3.53. The van der Waals surface area contributed by atoms with Crippen LogP contribution in [0.5, 0.6) is 0 Å². The van der Waals surface area contributed by atoms with E-state index in [2.05, 4.69) is 41.6 Å². The molecule has 8 heteroatoms. The third kappa shape index (κ3) is 3.06. The zero-order chi connectivity index (χ0) is 12.5. The zero-order valence-corrected chi connectivity index (χ0v) is 13.0. The Balaban J connectivity index is 2.33. The fourth-order valence-corrected chi connectivity index (χ4v) is 4.67. The van der Waals surface area contributed by atoms with Gasteiger partial charge in [0.05, 0.1) is 13.9 Å². The van der Waals surface area contributed by atoms with Gasteiger partial charge in [0.2, 0.25) is 0 Å². The number of nitrogens with one attached hydrogen (secondary N) is 1. The number of hydrogen-bond donors (Lipinski definition) is 1. The van der Waals surface area contributed by atoms with Crippen molar-refractivity contribution in [1.82, 2.24) is 4.98 Å². The van der Waals surface area contributed by atoms with Crippen LogP contribution in [0, 0.1) is 0 Å². The Morgan fingerprint density at radius 3 is 2.59 bits per heavy atom. The predicted octanol–water partition coefficient (Wildman–Crippen LogP) is 3.47. The van der Waals surface area contributed by atoms with E-state index in [4.69, 9.17) is 0 Å². The van der Waals surface area contributed by atoms with Gasteiger partial charge in [-0.05, 0) is 50.1 Å². The molecule has 4 nitrogen and oxygen atoms in total. The first-order valence-corrected chi connectivity index (χ1v) is 8.25. The molecule has 0 fully saturated rings. The van der Waals surface area contributed by atoms with Crippen LogP contribution in [0.4, 0.5) is 5.69 Å². The van der Waals surface area contributed by atoms with Crippen molar-refractivity contribution < 1.29 is 8.42 Å². The van der Waals surface area contributed by atoms with Gasteiger partial charge in [-0.3, -0.25) is 9.71 Å². The summed E-state index contributed by atoms with van der Waals surface area (Å²) in [6.45, 7) is 0. The van der Waals surface area contributed by atoms with Gasteiger partial charge in [0, 0.05) is 12.4 Å². The largest absolute Gasteiger partial charge is 0.278 e. The maximum Gasteiger partial charge on any atom is 0.271 e. The first kappa shape index (κ1) is 13.0. The van der Waals surface area contributed by atoms with Gasteiger partial charge >= 0.3 is 0 Å². The highest BCUT2D eigenvalue weighted by Gasteiger charge is 2.17. The molecule has 2 aromatic rings. The van der Waals surface area contributed by atoms with E-state index in [0.717, 1.165) is 15.1 Å². The van der Waals surface area contributed by atoms with Crippen LogP contribution < -0.4 is 4.72 Å². The van der Waals surface area contributed by atoms with E-state index in [1.165, 1.54) is 12.4 Å². The SMILES string of the molecule is O=S(=O)(Nc1ccncc1Br)c1ccc(Br)s1. The number of anilines is 1. The summed E-state index contributed by atoms with van der Waals surface area (Å²) in [4.78, 5) is 3.87. The van der Waals surface area contributed by atoms with Gasteiger partial charge in [0.1, 0.15) is 4.21 Å². The van der Waals surface area contributed by atoms with Crippen LogP contribution in [0.3, 0.4) is 0 Å². The smallest absolute Gasteiger partial charge is 0.271 e. The van der Waals surface area contributed by atoms with Gasteiger partial charge in [-0.25, -0.2) is 8.42 Å². The molecule has 0 aromatic carbocycles. The van der Waals surface area contributed by atoms with Gasteiger partial charge in [-0.2, -0.15) is 0 Å². The highest BCUT2D eigenvalue weighted by molar-refractivity contribution is 9.11. The van der Waals surface area contributed by atoms with E-state index in [9.17, 15) is 8.42 Å². The lowest BCUT2D eigenvalue weighted by molar-refractivity contribution is 0.603. The predicted molar refractivity (Wildman–Crippen MR) is 74.8 cm³/mol. The second kappa shape index (κ2) is 5.05. The quantitative estimate of drug-likeness (QED) is 0.862. The monoisotopic (exact) mass is 396 g/mol. The molecule has 0 amide bonds. The van der Waals surface area contributed by atoms with Crippen LogP contribution in [0.25, 0.3) is 0 Å². The molecule has 0 bridgehead atoms. The lowest BCUT2D eigenvalue weighted by Crippen LogP contribution is -2.11. The molecule has 2 rings (SSSR count). The van der Waals surface area contributed by atoms with E-state index in [1.54, 1.807) is 18.2 Å². The van der Waals surface area contributed by atoms with E-state index in [1.807, 2.05) is 0 Å². The van der Waals surface area contributed by atoms with Gasteiger partial charge in [-0.15, -0.1) is 11.3 Å². The average molecular weight is 398 g/mol. The van der Waals surface area contributed by atoms with Crippen molar-refractivity contribution in [3.8, 4) is 0 Å². The molecule has 2 heterocycles. The first-order valence-electron chi connectivity index (χ1n) is 4.37. The Bertz CT molecular complexity index is 640. The number of rotatable bonds is 3. The lowest BCUT2D eigenvalue weighted by atomic mass is 10.4. The van der Waals surface area contributed by atoms with Crippen LogP contribution in [0.15, 0.2) is 43.1 Å². The Morgan fingerprint density at radius 1 is 1.24 bits per heavy atom. The standard InChI is InChI=1S/C9H6Br2N2O2S2/c10-6-5-12-4-3-7(6)13-17(14,15)9-2-1-8(11)16-9/h1-5H,(H,12,13). The van der Waals surface area contributed by atoms with E-state index < -0.39 is 10.0 Å². The summed E-state index contributed by atoms with van der Waals surface area (Å²) in [6, 6.07) is 4.83. The zero-order valence-electron chi connectivity index (χ0n) is 8.22. The summed E-state index contributed by atoms with van der Waals surface area (Å²) in [5.74, 6) is 0. The Kier molecular flexibility index (Phi) is 3.86. The Hall–Kier alpha value is -0.440. The molecule has 0 atom stereocenters. The average Bonchev–Trinajstić information content (AvgIpc) is 2.69. The maximum absolute atomic E-state index is 12.0. The molecule has 1 N–H and O–H groups in total. The Labute approximate surface area is 119 Å². The molecule has 0 aliphatic carbocycles. The number of aromatic nitrogens is 1. The fraction of sp³-hybridized carbons (Fsp3) is 0. The molecule has 0 saturated heterocycles. The van der Waals surface area contributed by atoms with Crippen molar-refractivity contribution in [2.75, 3.05) is 4.72 Å². The third-order valence-corrected chi connectivity index (χ3v) is 5.94. The van der Waals surface area contributed by atoms with Crippen molar-refractivity contribution in [2.24, 2.45) is 0 Å². The minimum Gasteiger partial charge on any atom is -0.278 e. The van der Waals surface area contributed by atoms with Crippen molar-refractivity contribution in [3.63, 3.8) is 0 Å². The molecule has 17 heavy (non-hydrogen) atoms. The van der Waals surface area contributed by atoms with E-state index >= 15 is 0 Å². The number of sulfonamides is 1. The number of nitrogens with zero attached hydrogens (tertiary/aromatic N) is 1. The molecule has 2 aromatic heterocycles.